The van der Waals surface area contributed by atoms with Crippen LogP contribution in [0, 0.1) is 5.82 Å². The maximum Gasteiger partial charge on any atom is 0.294 e. The molecule has 3 amide bonds. The van der Waals surface area contributed by atoms with Crippen LogP contribution in [0.15, 0.2) is 40.7 Å². The monoisotopic (exact) mass is 396 g/mol. The Labute approximate surface area is 152 Å². The van der Waals surface area contributed by atoms with E-state index in [1.165, 1.54) is 36.4 Å². The van der Waals surface area contributed by atoms with Gasteiger partial charge in [-0.2, -0.15) is 0 Å². The van der Waals surface area contributed by atoms with Gasteiger partial charge < -0.3 is 5.32 Å². The molecule has 1 saturated heterocycles. The van der Waals surface area contributed by atoms with Crippen molar-refractivity contribution in [2.75, 3.05) is 12.3 Å². The maximum absolute atomic E-state index is 12.9. The van der Waals surface area contributed by atoms with Gasteiger partial charge in [-0.1, -0.05) is 12.1 Å². The predicted octanol–water partition coefficient (Wildman–Crippen LogP) is 1.29. The molecule has 0 aromatic heterocycles. The number of carbonyl (C=O) groups is 3. The Kier molecular flexibility index (Phi) is 4.97. The Morgan fingerprint density at radius 2 is 2.00 bits per heavy atom. The van der Waals surface area contributed by atoms with Crippen LogP contribution >= 0.6 is 11.8 Å². The zero-order valence-corrected chi connectivity index (χ0v) is 14.8. The number of thioether (sulfide) groups is 1. The molecule has 1 aromatic carbocycles. The number of imide groups is 1. The summed E-state index contributed by atoms with van der Waals surface area (Å²) in [6, 6.07) is 4.70. The second-order valence-corrected chi connectivity index (χ2v) is 8.58. The Bertz CT molecular complexity index is 938. The van der Waals surface area contributed by atoms with Crippen molar-refractivity contribution < 1.29 is 27.2 Å². The van der Waals surface area contributed by atoms with Gasteiger partial charge in [0, 0.05) is 5.41 Å². The highest BCUT2D eigenvalue weighted by molar-refractivity contribution is 8.18. The Morgan fingerprint density at radius 3 is 2.62 bits per heavy atom. The summed E-state index contributed by atoms with van der Waals surface area (Å²) in [6.45, 7) is -0.504. The molecule has 1 fully saturated rings. The molecule has 1 aromatic rings. The number of carbonyl (C=O) groups excluding carboxylic acids is 3. The summed E-state index contributed by atoms with van der Waals surface area (Å²) in [7, 11) is -3.32. The van der Waals surface area contributed by atoms with Gasteiger partial charge in [0.15, 0.2) is 9.84 Å². The van der Waals surface area contributed by atoms with E-state index in [-0.39, 0.29) is 10.7 Å². The largest absolute Gasteiger partial charge is 0.347 e. The van der Waals surface area contributed by atoms with Gasteiger partial charge in [0.25, 0.3) is 11.1 Å². The normalized spacial score (nSPS) is 23.0. The van der Waals surface area contributed by atoms with Crippen molar-refractivity contribution >= 4 is 44.7 Å². The second kappa shape index (κ2) is 7.04. The molecule has 136 valence electrons. The summed E-state index contributed by atoms with van der Waals surface area (Å²) >= 11 is 0.680. The molecule has 0 spiro atoms. The average Bonchev–Trinajstić information content (AvgIpc) is 3.03. The van der Waals surface area contributed by atoms with Gasteiger partial charge in [-0.05, 0) is 41.6 Å². The SMILES string of the molecule is O=C(CN1C(=O)S/C(=C/c2ccc(F)cc2)C1=O)N[C@@H]1C=CS(=O)(=O)C1. The number of hydrogen-bond donors (Lipinski definition) is 1. The molecule has 26 heavy (non-hydrogen) atoms. The molecule has 0 bridgehead atoms. The van der Waals surface area contributed by atoms with Crippen LogP contribution in [0.5, 0.6) is 0 Å². The summed E-state index contributed by atoms with van der Waals surface area (Å²) in [5.41, 5.74) is 0.544. The van der Waals surface area contributed by atoms with Crippen LogP contribution in [-0.2, 0) is 19.4 Å². The first kappa shape index (κ1) is 18.3. The quantitative estimate of drug-likeness (QED) is 0.770. The van der Waals surface area contributed by atoms with Crippen LogP contribution in [0.3, 0.4) is 0 Å². The van der Waals surface area contributed by atoms with Crippen molar-refractivity contribution in [3.8, 4) is 0 Å². The lowest BCUT2D eigenvalue weighted by molar-refractivity contribution is -0.129. The van der Waals surface area contributed by atoms with Gasteiger partial charge in [-0.15, -0.1) is 0 Å². The molecule has 1 atom stereocenters. The van der Waals surface area contributed by atoms with Crippen molar-refractivity contribution in [1.29, 1.82) is 0 Å². The highest BCUT2D eigenvalue weighted by Crippen LogP contribution is 2.32. The van der Waals surface area contributed by atoms with E-state index in [4.69, 9.17) is 0 Å². The summed E-state index contributed by atoms with van der Waals surface area (Å²) < 4.78 is 35.6. The van der Waals surface area contributed by atoms with Gasteiger partial charge in [0.05, 0.1) is 16.7 Å². The van der Waals surface area contributed by atoms with E-state index >= 15 is 0 Å². The summed E-state index contributed by atoms with van der Waals surface area (Å²) in [4.78, 5) is 37.2. The summed E-state index contributed by atoms with van der Waals surface area (Å²) in [5, 5.41) is 2.87. The number of hydrogen-bond acceptors (Lipinski definition) is 6. The zero-order chi connectivity index (χ0) is 18.9. The molecule has 1 N–H and O–H groups in total. The van der Waals surface area contributed by atoms with Gasteiger partial charge >= 0.3 is 0 Å². The van der Waals surface area contributed by atoms with Gasteiger partial charge in [0.2, 0.25) is 5.91 Å². The Morgan fingerprint density at radius 1 is 1.31 bits per heavy atom. The third kappa shape index (κ3) is 4.20. The van der Waals surface area contributed by atoms with Crippen molar-refractivity contribution in [2.24, 2.45) is 0 Å². The van der Waals surface area contributed by atoms with Crippen LogP contribution in [0.1, 0.15) is 5.56 Å². The molecule has 2 aliphatic heterocycles. The molecule has 0 saturated carbocycles. The molecule has 2 aliphatic rings. The molecular formula is C16H13FN2O5S2. The molecular weight excluding hydrogens is 383 g/mol. The predicted molar refractivity (Wildman–Crippen MR) is 93.9 cm³/mol. The number of nitrogens with zero attached hydrogens (tertiary/aromatic N) is 1. The van der Waals surface area contributed by atoms with E-state index < -0.39 is 45.3 Å². The number of halogens is 1. The first-order chi connectivity index (χ1) is 12.2. The topological polar surface area (TPSA) is 101 Å². The fraction of sp³-hybridized carbons (Fsp3) is 0.188. The van der Waals surface area contributed by atoms with Gasteiger partial charge in [-0.25, -0.2) is 12.8 Å². The molecule has 0 radical (unpaired) electrons. The minimum Gasteiger partial charge on any atom is -0.347 e. The lowest BCUT2D eigenvalue weighted by Gasteiger charge is -2.14. The van der Waals surface area contributed by atoms with Crippen LogP contribution in [0.25, 0.3) is 6.08 Å². The number of sulfone groups is 1. The number of rotatable bonds is 4. The molecule has 3 rings (SSSR count). The van der Waals surface area contributed by atoms with Gasteiger partial charge in [-0.3, -0.25) is 19.3 Å². The highest BCUT2D eigenvalue weighted by Gasteiger charge is 2.36. The third-order valence-electron chi connectivity index (χ3n) is 3.62. The Hall–Kier alpha value is -2.46. The average molecular weight is 396 g/mol. The van der Waals surface area contributed by atoms with Crippen molar-refractivity contribution in [2.45, 2.75) is 6.04 Å². The van der Waals surface area contributed by atoms with Crippen LogP contribution in [0.2, 0.25) is 0 Å². The van der Waals surface area contributed by atoms with Crippen LogP contribution in [0.4, 0.5) is 9.18 Å². The van der Waals surface area contributed by atoms with Crippen LogP contribution in [-0.4, -0.2) is 48.7 Å². The number of amides is 3. The molecule has 10 heteroatoms. The summed E-state index contributed by atoms with van der Waals surface area (Å²) in [5.74, 6) is -1.93. The Balaban J connectivity index is 1.64. The smallest absolute Gasteiger partial charge is 0.294 e. The van der Waals surface area contributed by atoms with Crippen molar-refractivity contribution in [1.82, 2.24) is 10.2 Å². The standard InChI is InChI=1S/C16H13FN2O5S2/c17-11-3-1-10(2-4-11)7-13-15(21)19(16(22)25-13)8-14(20)18-12-5-6-26(23,24)9-12/h1-7,12H,8-9H2,(H,18,20)/b13-7+/t12-/m1/s1. The first-order valence-electron chi connectivity index (χ1n) is 7.45. The lowest BCUT2D eigenvalue weighted by atomic mass is 10.2. The third-order valence-corrected chi connectivity index (χ3v) is 5.92. The van der Waals surface area contributed by atoms with E-state index in [1.807, 2.05) is 0 Å². The number of nitrogens with one attached hydrogen (secondary N) is 1. The second-order valence-electron chi connectivity index (χ2n) is 5.65. The first-order valence-corrected chi connectivity index (χ1v) is 9.98. The van der Waals surface area contributed by atoms with E-state index in [9.17, 15) is 27.2 Å². The molecule has 2 heterocycles. The highest BCUT2D eigenvalue weighted by atomic mass is 32.2. The van der Waals surface area contributed by atoms with E-state index in [0.29, 0.717) is 17.3 Å². The van der Waals surface area contributed by atoms with Crippen LogP contribution < -0.4 is 5.32 Å². The zero-order valence-electron chi connectivity index (χ0n) is 13.2. The maximum atomic E-state index is 12.9. The fourth-order valence-electron chi connectivity index (χ4n) is 2.41. The summed E-state index contributed by atoms with van der Waals surface area (Å²) in [6.07, 6.45) is 2.78. The minimum atomic E-state index is -3.32. The molecule has 0 aliphatic carbocycles. The van der Waals surface area contributed by atoms with Crippen molar-refractivity contribution in [3.05, 3.63) is 52.0 Å². The van der Waals surface area contributed by atoms with E-state index in [1.54, 1.807) is 0 Å². The molecule has 7 nitrogen and oxygen atoms in total. The number of benzene rings is 1. The fourth-order valence-corrected chi connectivity index (χ4v) is 4.48. The van der Waals surface area contributed by atoms with Gasteiger partial charge in [0.1, 0.15) is 12.4 Å². The van der Waals surface area contributed by atoms with E-state index in [0.717, 1.165) is 10.3 Å². The minimum absolute atomic E-state index is 0.123. The van der Waals surface area contributed by atoms with Crippen molar-refractivity contribution in [3.63, 3.8) is 0 Å². The molecule has 0 unspecified atom stereocenters. The lowest BCUT2D eigenvalue weighted by Crippen LogP contribution is -2.43. The van der Waals surface area contributed by atoms with E-state index in [2.05, 4.69) is 5.32 Å².